The van der Waals surface area contributed by atoms with Crippen molar-refractivity contribution in [1.82, 2.24) is 0 Å². The van der Waals surface area contributed by atoms with Crippen molar-refractivity contribution >= 4 is 5.97 Å². The van der Waals surface area contributed by atoms with Crippen molar-refractivity contribution in [3.05, 3.63) is 0 Å². The third-order valence-corrected chi connectivity index (χ3v) is 2.40. The molecule has 5 heteroatoms. The summed E-state index contributed by atoms with van der Waals surface area (Å²) in [4.78, 5) is 9.00. The van der Waals surface area contributed by atoms with Gasteiger partial charge in [0.1, 0.15) is 0 Å². The molecule has 82 valence electrons. The van der Waals surface area contributed by atoms with Gasteiger partial charge in [0.25, 0.3) is 5.97 Å². The predicted molar refractivity (Wildman–Crippen MR) is 48.1 cm³/mol. The van der Waals surface area contributed by atoms with Gasteiger partial charge in [0.2, 0.25) is 0 Å². The highest BCUT2D eigenvalue weighted by Gasteiger charge is 2.61. The third kappa shape index (κ3) is 2.43. The van der Waals surface area contributed by atoms with Crippen LogP contribution >= 0.6 is 0 Å². The van der Waals surface area contributed by atoms with Crippen molar-refractivity contribution in [2.24, 2.45) is 5.92 Å². The normalized spacial score (nSPS) is 38.2. The lowest BCUT2D eigenvalue weighted by Gasteiger charge is -2.09. The number of aliphatic carboxylic acids is 1. The van der Waals surface area contributed by atoms with Crippen LogP contribution in [0.15, 0.2) is 0 Å². The lowest BCUT2D eigenvalue weighted by Crippen LogP contribution is -2.19. The second-order valence-electron chi connectivity index (χ2n) is 3.37. The van der Waals surface area contributed by atoms with Crippen LogP contribution in [0.4, 0.5) is 0 Å². The van der Waals surface area contributed by atoms with E-state index in [9.17, 15) is 0 Å². The molecule has 2 aliphatic rings. The van der Waals surface area contributed by atoms with Crippen molar-refractivity contribution in [2.45, 2.75) is 25.2 Å². The Balaban J connectivity index is 0.000000213. The summed E-state index contributed by atoms with van der Waals surface area (Å²) < 4.78 is 15.7. The minimum absolute atomic E-state index is 0.273. The minimum Gasteiger partial charge on any atom is -0.481 e. The quantitative estimate of drug-likeness (QED) is 0.693. The fourth-order valence-corrected chi connectivity index (χ4v) is 1.74. The first-order valence-corrected chi connectivity index (χ1v) is 4.48. The van der Waals surface area contributed by atoms with E-state index in [1.165, 1.54) is 0 Å². The maximum Gasteiger partial charge on any atom is 0.300 e. The van der Waals surface area contributed by atoms with E-state index in [4.69, 9.17) is 24.1 Å². The highest BCUT2D eigenvalue weighted by atomic mass is 16.6. The average molecular weight is 204 g/mol. The van der Waals surface area contributed by atoms with Crippen LogP contribution in [0.3, 0.4) is 0 Å². The zero-order chi connectivity index (χ0) is 10.7. The summed E-state index contributed by atoms with van der Waals surface area (Å²) in [5.74, 6) is -0.324. The first-order chi connectivity index (χ1) is 6.61. The number of rotatable bonds is 2. The first kappa shape index (κ1) is 11.4. The summed E-state index contributed by atoms with van der Waals surface area (Å²) in [5, 5.41) is 7.42. The molecule has 0 radical (unpaired) electrons. The largest absolute Gasteiger partial charge is 0.481 e. The summed E-state index contributed by atoms with van der Waals surface area (Å²) in [6.07, 6.45) is 0.906. The van der Waals surface area contributed by atoms with E-state index in [1.54, 1.807) is 14.2 Å². The van der Waals surface area contributed by atoms with E-state index >= 15 is 0 Å². The number of fused-ring (bicyclic) bond motifs is 1. The smallest absolute Gasteiger partial charge is 0.300 e. The van der Waals surface area contributed by atoms with Crippen molar-refractivity contribution in [3.63, 3.8) is 0 Å². The molecule has 1 N–H and O–H groups in total. The Morgan fingerprint density at radius 1 is 1.43 bits per heavy atom. The molecule has 0 aromatic heterocycles. The first-order valence-electron chi connectivity index (χ1n) is 4.48. The zero-order valence-electron chi connectivity index (χ0n) is 8.60. The summed E-state index contributed by atoms with van der Waals surface area (Å²) in [5.41, 5.74) is 0. The van der Waals surface area contributed by atoms with Crippen LogP contribution < -0.4 is 0 Å². The summed E-state index contributed by atoms with van der Waals surface area (Å²) in [6.45, 7) is 1.83. The van der Waals surface area contributed by atoms with Crippen LogP contribution in [0, 0.1) is 5.92 Å². The maximum atomic E-state index is 9.00. The SMILES string of the molecule is CC(=O)O.COC1COC2C(OC)C12. The maximum absolute atomic E-state index is 9.00. The predicted octanol–water partition coefficient (Wildman–Crippen LogP) is 0.136. The molecule has 0 amide bonds. The molecule has 14 heavy (non-hydrogen) atoms. The average Bonchev–Trinajstić information content (AvgIpc) is 2.65. The Hall–Kier alpha value is -0.650. The van der Waals surface area contributed by atoms with Gasteiger partial charge in [-0.05, 0) is 0 Å². The van der Waals surface area contributed by atoms with Crippen molar-refractivity contribution in [2.75, 3.05) is 20.8 Å². The molecule has 1 aliphatic heterocycles. The number of methoxy groups -OCH3 is 2. The molecule has 1 saturated carbocycles. The van der Waals surface area contributed by atoms with E-state index in [-0.39, 0.29) is 6.10 Å². The number of ether oxygens (including phenoxy) is 3. The molecule has 5 nitrogen and oxygen atoms in total. The van der Waals surface area contributed by atoms with E-state index in [1.807, 2.05) is 0 Å². The molecule has 4 unspecified atom stereocenters. The lowest BCUT2D eigenvalue weighted by molar-refractivity contribution is -0.134. The topological polar surface area (TPSA) is 65.0 Å². The van der Waals surface area contributed by atoms with Gasteiger partial charge < -0.3 is 19.3 Å². The fourth-order valence-electron chi connectivity index (χ4n) is 1.74. The van der Waals surface area contributed by atoms with Crippen molar-refractivity contribution < 1.29 is 24.1 Å². The monoisotopic (exact) mass is 204 g/mol. The van der Waals surface area contributed by atoms with E-state index in [2.05, 4.69) is 0 Å². The highest BCUT2D eigenvalue weighted by molar-refractivity contribution is 5.62. The van der Waals surface area contributed by atoms with Gasteiger partial charge in [-0.25, -0.2) is 0 Å². The molecule has 0 aromatic rings. The molecule has 1 aliphatic carbocycles. The van der Waals surface area contributed by atoms with E-state index in [0.717, 1.165) is 13.5 Å². The van der Waals surface area contributed by atoms with Gasteiger partial charge in [-0.1, -0.05) is 0 Å². The van der Waals surface area contributed by atoms with E-state index < -0.39 is 5.97 Å². The molecule has 1 heterocycles. The van der Waals surface area contributed by atoms with Crippen LogP contribution in [0.5, 0.6) is 0 Å². The number of carboxylic acid groups (broad SMARTS) is 1. The number of carbonyl (C=O) groups is 1. The molecule has 2 rings (SSSR count). The molecule has 4 atom stereocenters. The summed E-state index contributed by atoms with van der Waals surface area (Å²) in [7, 11) is 3.44. The number of carboxylic acids is 1. The van der Waals surface area contributed by atoms with Crippen LogP contribution in [0.25, 0.3) is 0 Å². The highest BCUT2D eigenvalue weighted by Crippen LogP contribution is 2.45. The second-order valence-corrected chi connectivity index (χ2v) is 3.37. The standard InChI is InChI=1S/C7H12O3.C2H4O2/c1-8-4-3-10-7-5(4)6(7)9-2;1-2(3)4/h4-7H,3H2,1-2H3;1H3,(H,3,4). The number of hydrogen-bond donors (Lipinski definition) is 1. The summed E-state index contributed by atoms with van der Waals surface area (Å²) >= 11 is 0. The number of hydrogen-bond acceptors (Lipinski definition) is 4. The lowest BCUT2D eigenvalue weighted by atomic mass is 10.2. The van der Waals surface area contributed by atoms with Crippen molar-refractivity contribution in [1.29, 1.82) is 0 Å². The Labute approximate surface area is 82.9 Å². The molecular formula is C9H16O5. The summed E-state index contributed by atoms with van der Waals surface area (Å²) in [6, 6.07) is 0. The van der Waals surface area contributed by atoms with Crippen LogP contribution in [0.1, 0.15) is 6.92 Å². The van der Waals surface area contributed by atoms with E-state index in [0.29, 0.717) is 18.1 Å². The van der Waals surface area contributed by atoms with Gasteiger partial charge >= 0.3 is 0 Å². The molecule has 2 fully saturated rings. The zero-order valence-corrected chi connectivity index (χ0v) is 8.60. The molecule has 0 bridgehead atoms. The minimum atomic E-state index is -0.833. The Kier molecular flexibility index (Phi) is 3.86. The van der Waals surface area contributed by atoms with Gasteiger partial charge in [-0.2, -0.15) is 0 Å². The third-order valence-electron chi connectivity index (χ3n) is 2.40. The molecule has 0 aromatic carbocycles. The fraction of sp³-hybridized carbons (Fsp3) is 0.889. The Bertz CT molecular complexity index is 197. The van der Waals surface area contributed by atoms with Gasteiger partial charge in [-0.15, -0.1) is 0 Å². The van der Waals surface area contributed by atoms with Crippen LogP contribution in [0.2, 0.25) is 0 Å². The van der Waals surface area contributed by atoms with Crippen LogP contribution in [-0.2, 0) is 19.0 Å². The Morgan fingerprint density at radius 3 is 2.36 bits per heavy atom. The second kappa shape index (κ2) is 4.72. The molecule has 1 saturated heterocycles. The molecule has 0 spiro atoms. The van der Waals surface area contributed by atoms with Gasteiger partial charge in [0.05, 0.1) is 24.9 Å². The Morgan fingerprint density at radius 2 is 2.00 bits per heavy atom. The van der Waals surface area contributed by atoms with Crippen LogP contribution in [-0.4, -0.2) is 50.2 Å². The van der Waals surface area contributed by atoms with Crippen molar-refractivity contribution in [3.8, 4) is 0 Å². The van der Waals surface area contributed by atoms with Gasteiger partial charge in [0, 0.05) is 27.1 Å². The van der Waals surface area contributed by atoms with Gasteiger partial charge in [0.15, 0.2) is 0 Å². The van der Waals surface area contributed by atoms with Gasteiger partial charge in [-0.3, -0.25) is 4.79 Å². The molecular weight excluding hydrogens is 188 g/mol.